The van der Waals surface area contributed by atoms with E-state index in [4.69, 9.17) is 37.4 Å². The summed E-state index contributed by atoms with van der Waals surface area (Å²) in [5, 5.41) is 25.0. The quantitative estimate of drug-likeness (QED) is 0.0521. The summed E-state index contributed by atoms with van der Waals surface area (Å²) in [4.78, 5) is 47.1. The highest BCUT2D eigenvalue weighted by Crippen LogP contribution is 2.53. The van der Waals surface area contributed by atoms with Gasteiger partial charge >= 0.3 is 0 Å². The minimum Gasteiger partial charge on any atom is -0.495 e. The molecule has 7 rings (SSSR count). The number of nitriles is 1. The summed E-state index contributed by atoms with van der Waals surface area (Å²) in [6, 6.07) is 15.0. The highest BCUT2D eigenvalue weighted by atomic mass is 35.5. The number of morpholine rings is 1. The van der Waals surface area contributed by atoms with Gasteiger partial charge in [0.25, 0.3) is 11.8 Å². The molecule has 4 unspecified atom stereocenters. The summed E-state index contributed by atoms with van der Waals surface area (Å²) >= 11 is 13.8. The molecule has 3 amide bonds. The fourth-order valence-electron chi connectivity index (χ4n) is 8.84. The van der Waals surface area contributed by atoms with Crippen molar-refractivity contribution in [2.45, 2.75) is 63.5 Å². The molecule has 4 N–H and O–H groups in total. The van der Waals surface area contributed by atoms with E-state index in [-0.39, 0.29) is 63.2 Å². The number of thiazole rings is 1. The summed E-state index contributed by atoms with van der Waals surface area (Å²) in [5.74, 6) is -7.34. The highest BCUT2D eigenvalue weighted by Gasteiger charge is 2.61. The fraction of sp³-hybridized carbons (Fsp3) is 0.380. The van der Waals surface area contributed by atoms with Crippen LogP contribution in [0.4, 0.5) is 28.4 Å². The van der Waals surface area contributed by atoms with Crippen LogP contribution in [0.3, 0.4) is 0 Å². The first-order valence-electron chi connectivity index (χ1n) is 22.5. The zero-order chi connectivity index (χ0) is 50.3. The Labute approximate surface area is 416 Å². The average molecular weight is 1020 g/mol. The Morgan fingerprint density at radius 1 is 0.971 bits per heavy atom. The molecule has 2 aliphatic heterocycles. The number of amides is 3. The Morgan fingerprint density at radius 3 is 2.41 bits per heavy atom. The lowest BCUT2D eigenvalue weighted by Gasteiger charge is -2.37. The minimum absolute atomic E-state index is 0.0658. The second-order valence-electron chi connectivity index (χ2n) is 18.0. The Balaban J connectivity index is 0.963. The smallest absolute Gasteiger partial charge is 0.257 e. The summed E-state index contributed by atoms with van der Waals surface area (Å²) < 4.78 is 77.9. The van der Waals surface area contributed by atoms with Crippen molar-refractivity contribution in [3.8, 4) is 28.8 Å². The summed E-state index contributed by atoms with van der Waals surface area (Å²) in [6.07, 6.45) is 1.18. The molecule has 0 aliphatic carbocycles. The third-order valence-electron chi connectivity index (χ3n) is 12.1. The molecule has 13 nitrogen and oxygen atoms in total. The van der Waals surface area contributed by atoms with Crippen LogP contribution in [-0.4, -0.2) is 87.9 Å². The first-order valence-corrected chi connectivity index (χ1v) is 24.1. The van der Waals surface area contributed by atoms with Gasteiger partial charge in [0.05, 0.1) is 48.8 Å². The molecule has 2 fully saturated rings. The molecule has 5 aromatic rings. The van der Waals surface area contributed by atoms with E-state index < -0.39 is 82.2 Å². The van der Waals surface area contributed by atoms with E-state index in [1.165, 1.54) is 73.0 Å². The maximum atomic E-state index is 16.1. The number of carbonyl (C=O) groups is 3. The van der Waals surface area contributed by atoms with Crippen LogP contribution in [0.1, 0.15) is 67.4 Å². The Morgan fingerprint density at radius 2 is 1.71 bits per heavy atom. The molecule has 4 aromatic carbocycles. The van der Waals surface area contributed by atoms with Crippen molar-refractivity contribution in [1.29, 1.82) is 5.26 Å². The van der Waals surface area contributed by atoms with Gasteiger partial charge in [0.1, 0.15) is 22.8 Å². The molecular formula is C50H51Cl2F4N7O6S. The molecule has 0 bridgehead atoms. The molecule has 0 spiro atoms. The van der Waals surface area contributed by atoms with E-state index in [1.807, 2.05) is 25.7 Å². The zero-order valence-electron chi connectivity index (χ0n) is 38.7. The van der Waals surface area contributed by atoms with Crippen molar-refractivity contribution < 1.29 is 46.2 Å². The Kier molecular flexibility index (Phi) is 16.6. The normalized spacial score (nSPS) is 19.0. The molecule has 0 saturated carbocycles. The van der Waals surface area contributed by atoms with E-state index in [0.717, 1.165) is 12.1 Å². The second-order valence-corrected chi connectivity index (χ2v) is 19.7. The Bertz CT molecular complexity index is 2780. The topological polar surface area (TPSA) is 167 Å². The number of anilines is 2. The lowest BCUT2D eigenvalue weighted by Crippen LogP contribution is -2.45. The standard InChI is InChI=1S/C50H51Cl2F4N7O6S/c1-49(2,3)24-39-50(27-57,32-13-11-29(51)23-35(32)54)41(31-8-7-9-33(52)42(31)55)44(62-39)47(66)60-36-15-10-28(22-38(36)67-4)46(65)59-17-6-5-16-58-40(64)25-69-45-30(12-14-34(53)43(45)56)37-26-70-48(61-37)63-18-20-68-21-19-63/h7-15,22-23,26,39,41,44,62H,5-6,16-21,24-25H2,1-4H3,(H,58,64)(H,59,65)(H,60,66). The third kappa shape index (κ3) is 11.5. The van der Waals surface area contributed by atoms with Gasteiger partial charge in [0.15, 0.2) is 23.3 Å². The van der Waals surface area contributed by atoms with E-state index in [1.54, 1.807) is 5.38 Å². The number of carbonyl (C=O) groups excluding carboxylic acids is 3. The lowest BCUT2D eigenvalue weighted by atomic mass is 9.62. The maximum absolute atomic E-state index is 16.1. The van der Waals surface area contributed by atoms with Crippen LogP contribution in [0.2, 0.25) is 10.0 Å². The number of hydrogen-bond donors (Lipinski definition) is 4. The first kappa shape index (κ1) is 51.9. The van der Waals surface area contributed by atoms with Gasteiger partial charge in [0, 0.05) is 65.2 Å². The molecule has 4 atom stereocenters. The number of rotatable bonds is 17. The number of nitrogens with zero attached hydrogens (tertiary/aromatic N) is 3. The summed E-state index contributed by atoms with van der Waals surface area (Å²) in [6.45, 7) is 8.06. The van der Waals surface area contributed by atoms with E-state index >= 15 is 8.78 Å². The second kappa shape index (κ2) is 22.4. The highest BCUT2D eigenvalue weighted by molar-refractivity contribution is 7.14. The zero-order valence-corrected chi connectivity index (χ0v) is 41.0. The van der Waals surface area contributed by atoms with Crippen LogP contribution in [0, 0.1) is 40.0 Å². The number of nitrogens with one attached hydrogen (secondary N) is 4. The molecule has 1 aromatic heterocycles. The molecular weight excluding hydrogens is 974 g/mol. The fourth-order valence-corrected chi connectivity index (χ4v) is 10.1. The monoisotopic (exact) mass is 1020 g/mol. The number of hydrogen-bond acceptors (Lipinski definition) is 11. The van der Waals surface area contributed by atoms with Gasteiger partial charge in [0.2, 0.25) is 11.7 Å². The van der Waals surface area contributed by atoms with Crippen LogP contribution >= 0.6 is 34.5 Å². The number of ether oxygens (including phenoxy) is 3. The van der Waals surface area contributed by atoms with Crippen LogP contribution in [0.5, 0.6) is 11.5 Å². The van der Waals surface area contributed by atoms with E-state index in [0.29, 0.717) is 50.0 Å². The predicted octanol–water partition coefficient (Wildman–Crippen LogP) is 9.18. The van der Waals surface area contributed by atoms with Crippen LogP contribution in [-0.2, 0) is 19.7 Å². The van der Waals surface area contributed by atoms with Crippen molar-refractivity contribution in [2.75, 3.05) is 63.3 Å². The van der Waals surface area contributed by atoms with Crippen molar-refractivity contribution in [2.24, 2.45) is 5.41 Å². The maximum Gasteiger partial charge on any atom is 0.257 e. The number of halogens is 6. The molecule has 370 valence electrons. The van der Waals surface area contributed by atoms with Crippen molar-refractivity contribution in [1.82, 2.24) is 20.9 Å². The van der Waals surface area contributed by atoms with Crippen molar-refractivity contribution in [3.05, 3.63) is 122 Å². The van der Waals surface area contributed by atoms with Crippen LogP contribution in [0.25, 0.3) is 11.3 Å². The van der Waals surface area contributed by atoms with Gasteiger partial charge in [-0.3, -0.25) is 14.4 Å². The first-order chi connectivity index (χ1) is 33.4. The van der Waals surface area contributed by atoms with Gasteiger partial charge in [-0.25, -0.2) is 18.2 Å². The molecule has 70 heavy (non-hydrogen) atoms. The minimum atomic E-state index is -1.84. The van der Waals surface area contributed by atoms with Crippen molar-refractivity contribution >= 4 is 63.1 Å². The number of aromatic nitrogens is 1. The molecule has 2 saturated heterocycles. The largest absolute Gasteiger partial charge is 0.495 e. The van der Waals surface area contributed by atoms with E-state index in [2.05, 4.69) is 32.3 Å². The average Bonchev–Trinajstić information content (AvgIpc) is 3.95. The number of unbranched alkanes of at least 4 members (excludes halogenated alkanes) is 1. The van der Waals surface area contributed by atoms with Crippen LogP contribution in [0.15, 0.2) is 72.1 Å². The van der Waals surface area contributed by atoms with Crippen LogP contribution < -0.4 is 35.6 Å². The number of benzene rings is 4. The SMILES string of the molecule is COc1cc(C(=O)NCCCCNC(=O)COc2c(-c3csc(N4CCOCC4)n3)ccc(F)c2F)ccc1NC(=O)C1NC(CC(C)(C)C)C(C#N)(c2ccc(Cl)cc2F)C1c1cccc(Cl)c1F. The Hall–Kier alpha value is -5.97. The molecule has 3 heterocycles. The molecule has 0 radical (unpaired) electrons. The van der Waals surface area contributed by atoms with Gasteiger partial charge in [-0.05, 0) is 78.8 Å². The summed E-state index contributed by atoms with van der Waals surface area (Å²) in [7, 11) is 1.35. The lowest BCUT2D eigenvalue weighted by molar-refractivity contribution is -0.123. The molecule has 20 heteroatoms. The van der Waals surface area contributed by atoms with E-state index in [9.17, 15) is 28.4 Å². The van der Waals surface area contributed by atoms with Gasteiger partial charge in [-0.1, -0.05) is 62.2 Å². The summed E-state index contributed by atoms with van der Waals surface area (Å²) in [5.41, 5.74) is -1.48. The third-order valence-corrected chi connectivity index (χ3v) is 13.5. The number of methoxy groups -OCH3 is 1. The van der Waals surface area contributed by atoms with Gasteiger partial charge < -0.3 is 40.4 Å². The predicted molar refractivity (Wildman–Crippen MR) is 260 cm³/mol. The van der Waals surface area contributed by atoms with Gasteiger partial charge in [-0.15, -0.1) is 11.3 Å². The van der Waals surface area contributed by atoms with Crippen molar-refractivity contribution in [3.63, 3.8) is 0 Å². The molecule has 2 aliphatic rings. The van der Waals surface area contributed by atoms with Gasteiger partial charge in [-0.2, -0.15) is 9.65 Å².